The molecule has 10 nitrogen and oxygen atoms in total. The molecule has 2 aromatic heterocycles. The van der Waals surface area contributed by atoms with Crippen LogP contribution in [0.1, 0.15) is 21.9 Å². The first-order valence-electron chi connectivity index (χ1n) is 9.87. The highest BCUT2D eigenvalue weighted by atomic mass is 32.2. The van der Waals surface area contributed by atoms with E-state index in [9.17, 15) is 40.0 Å². The molecule has 2 aromatic carbocycles. The zero-order valence-corrected chi connectivity index (χ0v) is 19.3. The van der Waals surface area contributed by atoms with Crippen LogP contribution in [-0.4, -0.2) is 36.4 Å². The van der Waals surface area contributed by atoms with Gasteiger partial charge in [0, 0.05) is 11.5 Å². The van der Waals surface area contributed by atoms with Crippen LogP contribution in [0.25, 0.3) is 10.8 Å². The summed E-state index contributed by atoms with van der Waals surface area (Å²) < 4.78 is 108. The lowest BCUT2D eigenvalue weighted by molar-refractivity contribution is 0.0593. The summed E-state index contributed by atoms with van der Waals surface area (Å²) >= 11 is 0. The molecule has 4 rings (SSSR count). The van der Waals surface area contributed by atoms with Gasteiger partial charge in [-0.3, -0.25) is 4.79 Å². The van der Waals surface area contributed by atoms with E-state index in [4.69, 9.17) is 4.52 Å². The van der Waals surface area contributed by atoms with Crippen molar-refractivity contribution in [1.82, 2.24) is 14.9 Å². The number of nitrogens with zero attached hydrogens (tertiary/aromatic N) is 3. The van der Waals surface area contributed by atoms with Crippen molar-refractivity contribution in [2.75, 3.05) is 7.11 Å². The molecule has 194 valence electrons. The molecule has 0 amide bonds. The Morgan fingerprint density at radius 3 is 2.19 bits per heavy atom. The number of carbonyl (C=O) groups excluding carboxylic acids is 1. The van der Waals surface area contributed by atoms with E-state index in [0.717, 1.165) is 23.9 Å². The number of aryl methyl sites for hydroxylation is 1. The van der Waals surface area contributed by atoms with Crippen LogP contribution in [0.15, 0.2) is 38.5 Å². The maximum Gasteiger partial charge on any atom is 0.359 e. The van der Waals surface area contributed by atoms with E-state index in [1.54, 1.807) is 6.92 Å². The topological polar surface area (TPSA) is 131 Å². The Morgan fingerprint density at radius 1 is 1.00 bits per heavy atom. The molecule has 0 fully saturated rings. The molecule has 4 aromatic rings. The first-order chi connectivity index (χ1) is 17.4. The third-order valence-electron chi connectivity index (χ3n) is 4.94. The normalized spacial score (nSPS) is 11.6. The molecular weight excluding hydrogens is 533 g/mol. The highest BCUT2D eigenvalue weighted by Gasteiger charge is 2.31. The largest absolute Gasteiger partial charge is 0.464 e. The lowest BCUT2D eigenvalue weighted by atomic mass is 10.1. The Labute approximate surface area is 202 Å². The standard InChI is InChI=1S/C21H12F5N3O7S/c1-8-5-9(35-28-8)7-29-20(30)12-6-10(3-4-11(12)18(27-29)21(31)34-2)37(32,33)36-19-16(25)14(23)13(22)15(24)17(19)26/h3-6H,7H2,1-2H3. The van der Waals surface area contributed by atoms with Gasteiger partial charge in [-0.1, -0.05) is 11.2 Å². The monoisotopic (exact) mass is 545 g/mol. The molecule has 0 aliphatic carbocycles. The second kappa shape index (κ2) is 9.27. The highest BCUT2D eigenvalue weighted by Crippen LogP contribution is 2.32. The van der Waals surface area contributed by atoms with Crippen molar-refractivity contribution >= 4 is 26.9 Å². The van der Waals surface area contributed by atoms with Gasteiger partial charge in [0.25, 0.3) is 5.56 Å². The van der Waals surface area contributed by atoms with Crippen molar-refractivity contribution in [3.63, 3.8) is 0 Å². The zero-order chi connectivity index (χ0) is 27.2. The number of methoxy groups -OCH3 is 1. The van der Waals surface area contributed by atoms with Crippen LogP contribution in [0.4, 0.5) is 22.0 Å². The van der Waals surface area contributed by atoms with Crippen LogP contribution >= 0.6 is 0 Å². The Balaban J connectivity index is 1.87. The third kappa shape index (κ3) is 4.50. The van der Waals surface area contributed by atoms with Crippen LogP contribution in [0.3, 0.4) is 0 Å². The summed E-state index contributed by atoms with van der Waals surface area (Å²) in [5.41, 5.74) is -0.876. The quantitative estimate of drug-likeness (QED) is 0.118. The molecule has 0 atom stereocenters. The second-order valence-corrected chi connectivity index (χ2v) is 8.93. The average molecular weight is 545 g/mol. The minimum absolute atomic E-state index is 0.153. The fraction of sp³-hybridized carbons (Fsp3) is 0.143. The minimum Gasteiger partial charge on any atom is -0.464 e. The molecule has 0 saturated carbocycles. The van der Waals surface area contributed by atoms with Crippen molar-refractivity contribution in [2.45, 2.75) is 18.4 Å². The van der Waals surface area contributed by atoms with Gasteiger partial charge in [0.2, 0.25) is 34.8 Å². The van der Waals surface area contributed by atoms with Gasteiger partial charge in [-0.2, -0.15) is 22.3 Å². The summed E-state index contributed by atoms with van der Waals surface area (Å²) in [4.78, 5) is 24.4. The van der Waals surface area contributed by atoms with E-state index in [1.807, 2.05) is 0 Å². The summed E-state index contributed by atoms with van der Waals surface area (Å²) in [6, 6.07) is 3.86. The van der Waals surface area contributed by atoms with Gasteiger partial charge < -0.3 is 13.4 Å². The Morgan fingerprint density at radius 2 is 1.62 bits per heavy atom. The maximum absolute atomic E-state index is 14.0. The number of aromatic nitrogens is 3. The first kappa shape index (κ1) is 25.7. The van der Waals surface area contributed by atoms with E-state index in [-0.39, 0.29) is 17.7 Å². The van der Waals surface area contributed by atoms with Gasteiger partial charge in [0.15, 0.2) is 11.5 Å². The van der Waals surface area contributed by atoms with E-state index < -0.39 is 72.5 Å². The molecule has 0 spiro atoms. The molecule has 0 bridgehead atoms. The molecular formula is C21H12F5N3O7S. The number of esters is 1. The highest BCUT2D eigenvalue weighted by molar-refractivity contribution is 7.87. The predicted molar refractivity (Wildman–Crippen MR) is 112 cm³/mol. The summed E-state index contributed by atoms with van der Waals surface area (Å²) in [5.74, 6) is -15.3. The zero-order valence-electron chi connectivity index (χ0n) is 18.5. The summed E-state index contributed by atoms with van der Waals surface area (Å²) in [6.07, 6.45) is 0. The predicted octanol–water partition coefficient (Wildman–Crippen LogP) is 2.99. The van der Waals surface area contributed by atoms with Crippen molar-refractivity contribution in [2.24, 2.45) is 0 Å². The average Bonchev–Trinajstić information content (AvgIpc) is 3.29. The van der Waals surface area contributed by atoms with E-state index in [1.165, 1.54) is 6.07 Å². The Hall–Kier alpha value is -4.34. The summed E-state index contributed by atoms with van der Waals surface area (Å²) in [7, 11) is -4.24. The van der Waals surface area contributed by atoms with E-state index in [2.05, 4.69) is 19.2 Å². The molecule has 37 heavy (non-hydrogen) atoms. The number of hydrogen-bond acceptors (Lipinski definition) is 9. The second-order valence-electron chi connectivity index (χ2n) is 7.38. The number of fused-ring (bicyclic) bond motifs is 1. The van der Waals surface area contributed by atoms with Crippen LogP contribution in [0.5, 0.6) is 5.75 Å². The van der Waals surface area contributed by atoms with E-state index in [0.29, 0.717) is 11.8 Å². The Kier molecular flexibility index (Phi) is 6.45. The Bertz CT molecular complexity index is 1720. The van der Waals surface area contributed by atoms with Gasteiger partial charge >= 0.3 is 16.1 Å². The number of rotatable bonds is 6. The minimum atomic E-state index is -5.27. The van der Waals surface area contributed by atoms with Crippen LogP contribution in [0, 0.1) is 36.0 Å². The lowest BCUT2D eigenvalue weighted by Crippen LogP contribution is -2.27. The number of carbonyl (C=O) groups is 1. The third-order valence-corrected chi connectivity index (χ3v) is 6.16. The smallest absolute Gasteiger partial charge is 0.359 e. The molecule has 0 unspecified atom stereocenters. The van der Waals surface area contributed by atoms with Gasteiger partial charge in [0.1, 0.15) is 11.4 Å². The van der Waals surface area contributed by atoms with Gasteiger partial charge in [0.05, 0.1) is 18.2 Å². The van der Waals surface area contributed by atoms with Gasteiger partial charge in [-0.25, -0.2) is 22.6 Å². The fourth-order valence-electron chi connectivity index (χ4n) is 3.23. The van der Waals surface area contributed by atoms with Gasteiger partial charge in [-0.15, -0.1) is 0 Å². The van der Waals surface area contributed by atoms with Crippen molar-refractivity contribution < 1.29 is 48.6 Å². The number of benzene rings is 2. The molecule has 16 heteroatoms. The number of hydrogen-bond donors (Lipinski definition) is 0. The lowest BCUT2D eigenvalue weighted by Gasteiger charge is -2.12. The molecule has 2 heterocycles. The van der Waals surface area contributed by atoms with Crippen LogP contribution in [-0.2, 0) is 21.4 Å². The SMILES string of the molecule is COC(=O)c1nn(Cc2cc(C)no2)c(=O)c2cc(S(=O)(=O)Oc3c(F)c(F)c(F)c(F)c3F)ccc12. The molecule has 0 radical (unpaired) electrons. The summed E-state index contributed by atoms with van der Waals surface area (Å²) in [5, 5.41) is 6.98. The fourth-order valence-corrected chi connectivity index (χ4v) is 4.19. The van der Waals surface area contributed by atoms with Crippen molar-refractivity contribution in [1.29, 1.82) is 0 Å². The number of ether oxygens (including phenoxy) is 1. The van der Waals surface area contributed by atoms with E-state index >= 15 is 0 Å². The maximum atomic E-state index is 14.0. The number of halogens is 5. The first-order valence-corrected chi connectivity index (χ1v) is 11.3. The molecule has 0 aliphatic rings. The van der Waals surface area contributed by atoms with Crippen molar-refractivity contribution in [3.05, 3.63) is 80.9 Å². The molecule has 0 N–H and O–H groups in total. The summed E-state index contributed by atoms with van der Waals surface area (Å²) in [6.45, 7) is 1.27. The van der Waals surface area contributed by atoms with Crippen LogP contribution in [0.2, 0.25) is 0 Å². The van der Waals surface area contributed by atoms with Crippen molar-refractivity contribution in [3.8, 4) is 5.75 Å². The van der Waals surface area contributed by atoms with Gasteiger partial charge in [-0.05, 0) is 19.1 Å². The molecule has 0 aliphatic heterocycles. The van der Waals surface area contributed by atoms with Crippen LogP contribution < -0.4 is 9.74 Å². The molecule has 0 saturated heterocycles.